The first-order valence-electron chi connectivity index (χ1n) is 4.99. The van der Waals surface area contributed by atoms with Crippen LogP contribution in [-0.4, -0.2) is 11.1 Å². The summed E-state index contributed by atoms with van der Waals surface area (Å²) >= 11 is 5.80. The van der Waals surface area contributed by atoms with Crippen LogP contribution in [0.4, 0.5) is 5.69 Å². The number of hydrogen-bond acceptors (Lipinski definition) is 2. The van der Waals surface area contributed by atoms with E-state index in [0.29, 0.717) is 11.1 Å². The van der Waals surface area contributed by atoms with Gasteiger partial charge in [0.25, 0.3) is 0 Å². The van der Waals surface area contributed by atoms with Crippen molar-refractivity contribution in [2.75, 3.05) is 5.32 Å². The van der Waals surface area contributed by atoms with Crippen molar-refractivity contribution in [1.82, 2.24) is 0 Å². The molecule has 0 radical (unpaired) electrons. The molecule has 0 aliphatic heterocycles. The fourth-order valence-corrected chi connectivity index (χ4v) is 1.50. The molecule has 0 saturated heterocycles. The number of halogens is 1. The summed E-state index contributed by atoms with van der Waals surface area (Å²) in [5.41, 5.74) is 0.925. The summed E-state index contributed by atoms with van der Waals surface area (Å²) in [5.74, 6) is 0.112. The van der Waals surface area contributed by atoms with Gasteiger partial charge < -0.3 is 10.4 Å². The molecule has 3 heteroatoms. The van der Waals surface area contributed by atoms with Gasteiger partial charge in [-0.1, -0.05) is 17.7 Å². The van der Waals surface area contributed by atoms with E-state index in [1.807, 2.05) is 12.1 Å². The number of allylic oxidation sites excluding steroid dienone is 1. The van der Waals surface area contributed by atoms with Crippen molar-refractivity contribution in [3.05, 3.63) is 35.9 Å². The first-order valence-corrected chi connectivity index (χ1v) is 5.37. The Labute approximate surface area is 95.6 Å². The molecule has 1 unspecified atom stereocenters. The van der Waals surface area contributed by atoms with Crippen LogP contribution < -0.4 is 5.32 Å². The molecule has 1 aromatic rings. The van der Waals surface area contributed by atoms with Gasteiger partial charge in [0.15, 0.2) is 0 Å². The van der Waals surface area contributed by atoms with Crippen LogP contribution in [0.3, 0.4) is 0 Å². The lowest BCUT2D eigenvalue weighted by Crippen LogP contribution is -2.14. The van der Waals surface area contributed by atoms with Gasteiger partial charge in [-0.05, 0) is 38.0 Å². The van der Waals surface area contributed by atoms with Crippen molar-refractivity contribution < 1.29 is 5.11 Å². The van der Waals surface area contributed by atoms with Crippen molar-refractivity contribution in [3.63, 3.8) is 0 Å². The number of nitrogens with one attached hydrogen (secondary N) is 1. The lowest BCUT2D eigenvalue weighted by Gasteiger charge is -2.14. The van der Waals surface area contributed by atoms with Crippen LogP contribution in [0.25, 0.3) is 0 Å². The molecular weight excluding hydrogens is 210 g/mol. The predicted octanol–water partition coefficient (Wildman–Crippen LogP) is 3.81. The van der Waals surface area contributed by atoms with Gasteiger partial charge in [-0.2, -0.15) is 0 Å². The third-order valence-corrected chi connectivity index (χ3v) is 2.47. The Bertz CT molecular complexity index is 338. The lowest BCUT2D eigenvalue weighted by molar-refractivity contribution is 0.475. The summed E-state index contributed by atoms with van der Waals surface area (Å²) in [7, 11) is 0. The zero-order valence-electron chi connectivity index (χ0n) is 8.83. The van der Waals surface area contributed by atoms with E-state index in [1.54, 1.807) is 12.1 Å². The van der Waals surface area contributed by atoms with Crippen molar-refractivity contribution in [2.45, 2.75) is 25.8 Å². The van der Waals surface area contributed by atoms with Gasteiger partial charge >= 0.3 is 0 Å². The van der Waals surface area contributed by atoms with Gasteiger partial charge in [0.2, 0.25) is 0 Å². The highest BCUT2D eigenvalue weighted by Gasteiger charge is 2.03. The highest BCUT2D eigenvalue weighted by Crippen LogP contribution is 2.26. The Balaban J connectivity index is 2.56. The van der Waals surface area contributed by atoms with Crippen LogP contribution in [0.1, 0.15) is 19.8 Å². The van der Waals surface area contributed by atoms with Gasteiger partial charge in [0, 0.05) is 11.7 Å². The monoisotopic (exact) mass is 225 g/mol. The first-order chi connectivity index (χ1) is 7.13. The first kappa shape index (κ1) is 11.9. The van der Waals surface area contributed by atoms with E-state index in [0.717, 1.165) is 18.5 Å². The van der Waals surface area contributed by atoms with E-state index < -0.39 is 0 Å². The fourth-order valence-electron chi connectivity index (χ4n) is 1.32. The maximum atomic E-state index is 9.25. The van der Waals surface area contributed by atoms with E-state index in [1.165, 1.54) is 0 Å². The molecule has 1 rings (SSSR count). The third-order valence-electron chi connectivity index (χ3n) is 2.16. The number of aromatic hydroxyl groups is 1. The van der Waals surface area contributed by atoms with Crippen LogP contribution >= 0.6 is 11.6 Å². The molecule has 2 N–H and O–H groups in total. The average molecular weight is 226 g/mol. The molecule has 0 aliphatic carbocycles. The number of benzene rings is 1. The Morgan fingerprint density at radius 1 is 1.60 bits per heavy atom. The second-order valence-corrected chi connectivity index (χ2v) is 3.98. The van der Waals surface area contributed by atoms with Gasteiger partial charge in [-0.3, -0.25) is 0 Å². The summed E-state index contributed by atoms with van der Waals surface area (Å²) in [6, 6.07) is 5.49. The van der Waals surface area contributed by atoms with Crippen molar-refractivity contribution >= 4 is 17.3 Å². The summed E-state index contributed by atoms with van der Waals surface area (Å²) in [5, 5.41) is 12.9. The zero-order valence-corrected chi connectivity index (χ0v) is 9.59. The van der Waals surface area contributed by atoms with E-state index >= 15 is 0 Å². The molecule has 0 spiro atoms. The quantitative estimate of drug-likeness (QED) is 0.590. The van der Waals surface area contributed by atoms with Gasteiger partial charge in [-0.15, -0.1) is 6.58 Å². The molecule has 0 heterocycles. The topological polar surface area (TPSA) is 32.3 Å². The van der Waals surface area contributed by atoms with Crippen LogP contribution in [0.15, 0.2) is 30.9 Å². The van der Waals surface area contributed by atoms with E-state index in [9.17, 15) is 5.11 Å². The largest absolute Gasteiger partial charge is 0.506 e. The van der Waals surface area contributed by atoms with Crippen molar-refractivity contribution in [1.29, 1.82) is 0 Å². The van der Waals surface area contributed by atoms with Crippen LogP contribution in [-0.2, 0) is 0 Å². The molecule has 2 nitrogen and oxygen atoms in total. The zero-order chi connectivity index (χ0) is 11.3. The minimum atomic E-state index is 0.112. The lowest BCUT2D eigenvalue weighted by atomic mass is 10.1. The Kier molecular flexibility index (Phi) is 4.50. The summed E-state index contributed by atoms with van der Waals surface area (Å²) in [6.45, 7) is 5.78. The highest BCUT2D eigenvalue weighted by molar-refractivity contribution is 6.32. The highest BCUT2D eigenvalue weighted by atomic mass is 35.5. The molecule has 82 valence electrons. The minimum Gasteiger partial charge on any atom is -0.506 e. The minimum absolute atomic E-state index is 0.112. The van der Waals surface area contributed by atoms with Crippen molar-refractivity contribution in [3.8, 4) is 5.75 Å². The molecule has 1 aromatic carbocycles. The number of rotatable bonds is 5. The Hall–Kier alpha value is -1.15. The summed E-state index contributed by atoms with van der Waals surface area (Å²) in [6.07, 6.45) is 3.92. The molecule has 0 fully saturated rings. The van der Waals surface area contributed by atoms with Crippen LogP contribution in [0, 0.1) is 0 Å². The molecule has 0 aliphatic rings. The maximum Gasteiger partial charge on any atom is 0.134 e. The maximum absolute atomic E-state index is 9.25. The van der Waals surface area contributed by atoms with E-state index in [2.05, 4.69) is 18.8 Å². The standard InChI is InChI=1S/C12H16ClNO/c1-3-4-5-9(2)14-10-6-7-12(15)11(13)8-10/h3,6-9,14-15H,1,4-5H2,2H3. The molecule has 0 aromatic heterocycles. The van der Waals surface area contributed by atoms with Crippen LogP contribution in [0.2, 0.25) is 5.02 Å². The fraction of sp³-hybridized carbons (Fsp3) is 0.333. The van der Waals surface area contributed by atoms with Gasteiger partial charge in [0.1, 0.15) is 5.75 Å². The predicted molar refractivity (Wildman–Crippen MR) is 65.6 cm³/mol. The Morgan fingerprint density at radius 2 is 2.33 bits per heavy atom. The second-order valence-electron chi connectivity index (χ2n) is 3.58. The molecule has 0 amide bonds. The van der Waals surface area contributed by atoms with Gasteiger partial charge in [0.05, 0.1) is 5.02 Å². The van der Waals surface area contributed by atoms with E-state index in [-0.39, 0.29) is 5.75 Å². The van der Waals surface area contributed by atoms with Crippen molar-refractivity contribution in [2.24, 2.45) is 0 Å². The summed E-state index contributed by atoms with van der Waals surface area (Å²) < 4.78 is 0. The smallest absolute Gasteiger partial charge is 0.134 e. The molecule has 1 atom stereocenters. The number of anilines is 1. The van der Waals surface area contributed by atoms with Crippen LogP contribution in [0.5, 0.6) is 5.75 Å². The number of hydrogen-bond donors (Lipinski definition) is 2. The third kappa shape index (κ3) is 3.84. The average Bonchev–Trinajstić information content (AvgIpc) is 2.20. The second kappa shape index (κ2) is 5.66. The summed E-state index contributed by atoms with van der Waals surface area (Å²) in [4.78, 5) is 0. The molecule has 0 saturated carbocycles. The molecular formula is C12H16ClNO. The van der Waals surface area contributed by atoms with E-state index in [4.69, 9.17) is 11.6 Å². The normalized spacial score (nSPS) is 12.1. The molecule has 0 bridgehead atoms. The Morgan fingerprint density at radius 3 is 2.93 bits per heavy atom. The number of phenols is 1. The SMILES string of the molecule is C=CCCC(C)Nc1ccc(O)c(Cl)c1. The van der Waals surface area contributed by atoms with Gasteiger partial charge in [-0.25, -0.2) is 0 Å². The molecule has 15 heavy (non-hydrogen) atoms. The number of phenolic OH excluding ortho intramolecular Hbond substituents is 1.